The number of aromatic carboxylic acids is 1. The van der Waals surface area contributed by atoms with E-state index in [2.05, 4.69) is 5.32 Å². The number of carbonyl (C=O) groups is 1. The Balaban J connectivity index is 1.98. The molecule has 0 aliphatic carbocycles. The first-order valence-electron chi connectivity index (χ1n) is 7.61. The molecule has 0 bridgehead atoms. The lowest BCUT2D eigenvalue weighted by Gasteiger charge is -2.12. The average Bonchev–Trinajstić information content (AvgIpc) is 2.63. The molecule has 0 unspecified atom stereocenters. The molecule has 0 fully saturated rings. The summed E-state index contributed by atoms with van der Waals surface area (Å²) in [5.74, 6) is -0.641. The lowest BCUT2D eigenvalue weighted by Crippen LogP contribution is -2.03. The van der Waals surface area contributed by atoms with Gasteiger partial charge in [-0.15, -0.1) is 0 Å². The molecule has 0 radical (unpaired) electrons. The van der Waals surface area contributed by atoms with Crippen LogP contribution in [0.15, 0.2) is 66.7 Å². The first-order chi connectivity index (χ1) is 12.1. The van der Waals surface area contributed by atoms with Crippen LogP contribution in [-0.4, -0.2) is 18.2 Å². The Hall–Kier alpha value is -3.34. The second kappa shape index (κ2) is 7.05. The zero-order valence-electron chi connectivity index (χ0n) is 13.5. The van der Waals surface area contributed by atoms with Crippen LogP contribution in [0.4, 0.5) is 15.8 Å². The Morgan fingerprint density at radius 1 is 0.960 bits per heavy atom. The molecule has 0 spiro atoms. The third-order valence-corrected chi connectivity index (χ3v) is 3.80. The smallest absolute Gasteiger partial charge is 0.337 e. The molecule has 5 heteroatoms. The van der Waals surface area contributed by atoms with Crippen molar-refractivity contribution in [2.24, 2.45) is 0 Å². The highest BCUT2D eigenvalue weighted by atomic mass is 19.1. The maximum Gasteiger partial charge on any atom is 0.337 e. The molecule has 0 saturated heterocycles. The molecular formula is C20H16FNO3. The van der Waals surface area contributed by atoms with Crippen molar-refractivity contribution in [3.63, 3.8) is 0 Å². The van der Waals surface area contributed by atoms with E-state index in [0.717, 1.165) is 16.9 Å². The van der Waals surface area contributed by atoms with E-state index in [1.807, 2.05) is 24.3 Å². The van der Waals surface area contributed by atoms with Gasteiger partial charge in [-0.05, 0) is 59.7 Å². The van der Waals surface area contributed by atoms with Crippen molar-refractivity contribution in [2.45, 2.75) is 0 Å². The Kier molecular flexibility index (Phi) is 4.66. The quantitative estimate of drug-likeness (QED) is 0.692. The number of carboxylic acid groups (broad SMARTS) is 1. The first kappa shape index (κ1) is 16.5. The van der Waals surface area contributed by atoms with Crippen molar-refractivity contribution in [1.29, 1.82) is 0 Å². The normalized spacial score (nSPS) is 10.3. The van der Waals surface area contributed by atoms with Gasteiger partial charge in [-0.1, -0.05) is 18.2 Å². The second-order valence-corrected chi connectivity index (χ2v) is 5.43. The predicted molar refractivity (Wildman–Crippen MR) is 95.1 cm³/mol. The minimum Gasteiger partial charge on any atom is -0.497 e. The Morgan fingerprint density at radius 3 is 2.20 bits per heavy atom. The molecule has 0 amide bonds. The van der Waals surface area contributed by atoms with E-state index >= 15 is 0 Å². The van der Waals surface area contributed by atoms with Crippen molar-refractivity contribution in [2.75, 3.05) is 12.4 Å². The van der Waals surface area contributed by atoms with Gasteiger partial charge in [0.2, 0.25) is 0 Å². The van der Waals surface area contributed by atoms with E-state index in [-0.39, 0.29) is 11.4 Å². The average molecular weight is 337 g/mol. The molecule has 126 valence electrons. The number of benzene rings is 3. The third kappa shape index (κ3) is 3.77. The number of rotatable bonds is 5. The van der Waals surface area contributed by atoms with Crippen LogP contribution in [0.2, 0.25) is 0 Å². The number of ether oxygens (including phenoxy) is 1. The van der Waals surface area contributed by atoms with Gasteiger partial charge in [0.1, 0.15) is 11.6 Å². The van der Waals surface area contributed by atoms with Gasteiger partial charge in [-0.3, -0.25) is 0 Å². The fourth-order valence-electron chi connectivity index (χ4n) is 2.49. The maximum absolute atomic E-state index is 13.0. The summed E-state index contributed by atoms with van der Waals surface area (Å²) in [5, 5.41) is 12.4. The molecule has 3 aromatic rings. The van der Waals surface area contributed by atoms with Crippen LogP contribution in [-0.2, 0) is 0 Å². The lowest BCUT2D eigenvalue weighted by atomic mass is 10.0. The highest BCUT2D eigenvalue weighted by Gasteiger charge is 2.12. The Bertz CT molecular complexity index is 890. The molecule has 0 heterocycles. The van der Waals surface area contributed by atoms with Gasteiger partial charge >= 0.3 is 5.97 Å². The summed E-state index contributed by atoms with van der Waals surface area (Å²) in [6.07, 6.45) is 0. The monoisotopic (exact) mass is 337 g/mol. The number of nitrogens with one attached hydrogen (secondary N) is 1. The minimum absolute atomic E-state index is 0.140. The molecule has 0 atom stereocenters. The molecule has 2 N–H and O–H groups in total. The SMILES string of the molecule is COc1ccc(-c2ccc(C(=O)O)c(Nc3ccc(F)cc3)c2)cc1. The van der Waals surface area contributed by atoms with E-state index in [4.69, 9.17) is 4.74 Å². The van der Waals surface area contributed by atoms with Gasteiger partial charge in [0.25, 0.3) is 0 Å². The zero-order chi connectivity index (χ0) is 17.8. The zero-order valence-corrected chi connectivity index (χ0v) is 13.5. The molecule has 3 aromatic carbocycles. The number of hydrogen-bond donors (Lipinski definition) is 2. The van der Waals surface area contributed by atoms with E-state index in [0.29, 0.717) is 11.4 Å². The van der Waals surface area contributed by atoms with Gasteiger partial charge in [0.15, 0.2) is 0 Å². The number of anilines is 2. The Labute approximate surface area is 144 Å². The van der Waals surface area contributed by atoms with Gasteiger partial charge in [-0.2, -0.15) is 0 Å². The van der Waals surface area contributed by atoms with E-state index in [9.17, 15) is 14.3 Å². The number of halogens is 1. The van der Waals surface area contributed by atoms with E-state index in [1.54, 1.807) is 37.4 Å². The highest BCUT2D eigenvalue weighted by Crippen LogP contribution is 2.29. The van der Waals surface area contributed by atoms with Crippen LogP contribution in [0.1, 0.15) is 10.4 Å². The molecular weight excluding hydrogens is 321 g/mol. The Morgan fingerprint density at radius 2 is 1.60 bits per heavy atom. The van der Waals surface area contributed by atoms with Crippen LogP contribution in [0.3, 0.4) is 0 Å². The predicted octanol–water partition coefficient (Wildman–Crippen LogP) is 4.94. The summed E-state index contributed by atoms with van der Waals surface area (Å²) in [6, 6.07) is 18.3. The summed E-state index contributed by atoms with van der Waals surface area (Å²) in [6.45, 7) is 0. The van der Waals surface area contributed by atoms with Gasteiger partial charge in [0.05, 0.1) is 18.4 Å². The molecule has 0 aromatic heterocycles. The standard InChI is InChI=1S/C20H16FNO3/c1-25-17-9-2-13(3-10-17)14-4-11-18(20(23)24)19(12-14)22-16-7-5-15(21)6-8-16/h2-12,22H,1H3,(H,23,24). The van der Waals surface area contributed by atoms with Crippen LogP contribution in [0.5, 0.6) is 5.75 Å². The fourth-order valence-corrected chi connectivity index (χ4v) is 2.49. The van der Waals surface area contributed by atoms with Crippen LogP contribution < -0.4 is 10.1 Å². The summed E-state index contributed by atoms with van der Waals surface area (Å²) in [4.78, 5) is 11.5. The topological polar surface area (TPSA) is 58.6 Å². The highest BCUT2D eigenvalue weighted by molar-refractivity contribution is 5.96. The number of methoxy groups -OCH3 is 1. The molecule has 0 saturated carbocycles. The van der Waals surface area contributed by atoms with Crippen molar-refractivity contribution in [3.05, 3.63) is 78.1 Å². The van der Waals surface area contributed by atoms with Crippen molar-refractivity contribution < 1.29 is 19.0 Å². The summed E-state index contributed by atoms with van der Waals surface area (Å²) in [5.41, 5.74) is 2.97. The largest absolute Gasteiger partial charge is 0.497 e. The van der Waals surface area contributed by atoms with Gasteiger partial charge in [-0.25, -0.2) is 9.18 Å². The minimum atomic E-state index is -1.04. The molecule has 25 heavy (non-hydrogen) atoms. The number of carboxylic acids is 1. The van der Waals surface area contributed by atoms with Gasteiger partial charge < -0.3 is 15.2 Å². The maximum atomic E-state index is 13.0. The fraction of sp³-hybridized carbons (Fsp3) is 0.0500. The molecule has 0 aliphatic heterocycles. The van der Waals surface area contributed by atoms with Crippen molar-refractivity contribution >= 4 is 17.3 Å². The van der Waals surface area contributed by atoms with Gasteiger partial charge in [0, 0.05) is 5.69 Å². The molecule has 0 aliphatic rings. The van der Waals surface area contributed by atoms with Crippen LogP contribution in [0, 0.1) is 5.82 Å². The van der Waals surface area contributed by atoms with E-state index < -0.39 is 5.97 Å². The molecule has 3 rings (SSSR count). The van der Waals surface area contributed by atoms with E-state index in [1.165, 1.54) is 12.1 Å². The third-order valence-electron chi connectivity index (χ3n) is 3.80. The van der Waals surface area contributed by atoms with Crippen molar-refractivity contribution in [1.82, 2.24) is 0 Å². The van der Waals surface area contributed by atoms with Crippen molar-refractivity contribution in [3.8, 4) is 16.9 Å². The van der Waals surface area contributed by atoms with Crippen LogP contribution in [0.25, 0.3) is 11.1 Å². The summed E-state index contributed by atoms with van der Waals surface area (Å²) in [7, 11) is 1.60. The first-order valence-corrected chi connectivity index (χ1v) is 7.61. The second-order valence-electron chi connectivity index (χ2n) is 5.43. The molecule has 4 nitrogen and oxygen atoms in total. The summed E-state index contributed by atoms with van der Waals surface area (Å²) < 4.78 is 18.2. The lowest BCUT2D eigenvalue weighted by molar-refractivity contribution is 0.0698. The van der Waals surface area contributed by atoms with Crippen LogP contribution >= 0.6 is 0 Å². The summed E-state index contributed by atoms with van der Waals surface area (Å²) >= 11 is 0. The number of hydrogen-bond acceptors (Lipinski definition) is 3.